The van der Waals surface area contributed by atoms with Crippen LogP contribution in [0.4, 0.5) is 10.8 Å². The summed E-state index contributed by atoms with van der Waals surface area (Å²) in [5, 5.41) is 6.26. The zero-order chi connectivity index (χ0) is 19.4. The summed E-state index contributed by atoms with van der Waals surface area (Å²) in [5.41, 5.74) is 2.81. The van der Waals surface area contributed by atoms with Crippen molar-refractivity contribution in [3.8, 4) is 5.75 Å². The Balaban J connectivity index is 1.80. The Hall–Kier alpha value is -2.93. The Morgan fingerprint density at radius 1 is 1.19 bits per heavy atom. The van der Waals surface area contributed by atoms with Crippen molar-refractivity contribution in [2.45, 2.75) is 26.7 Å². The van der Waals surface area contributed by atoms with Gasteiger partial charge in [-0.2, -0.15) is 0 Å². The van der Waals surface area contributed by atoms with Crippen LogP contribution in [0.5, 0.6) is 5.75 Å². The lowest BCUT2D eigenvalue weighted by Gasteiger charge is -2.11. The van der Waals surface area contributed by atoms with Gasteiger partial charge in [0.2, 0.25) is 5.91 Å². The van der Waals surface area contributed by atoms with Crippen molar-refractivity contribution in [3.05, 3.63) is 47.5 Å². The van der Waals surface area contributed by atoms with Crippen molar-refractivity contribution < 1.29 is 14.3 Å². The molecule has 0 aliphatic rings. The zero-order valence-corrected chi connectivity index (χ0v) is 16.3. The molecule has 6 nitrogen and oxygen atoms in total. The number of nitrogens with zero attached hydrogens (tertiary/aromatic N) is 1. The van der Waals surface area contributed by atoms with Crippen molar-refractivity contribution in [1.29, 1.82) is 0 Å². The second-order valence-electron chi connectivity index (χ2n) is 6.11. The lowest BCUT2D eigenvalue weighted by atomic mass is 10.1. The number of carbonyl (C=O) groups excluding carboxylic acids is 2. The van der Waals surface area contributed by atoms with Crippen LogP contribution in [0.1, 0.15) is 35.7 Å². The topological polar surface area (TPSA) is 80.3 Å². The van der Waals surface area contributed by atoms with Crippen molar-refractivity contribution >= 4 is 44.2 Å². The maximum atomic E-state index is 12.6. The molecule has 3 rings (SSSR count). The van der Waals surface area contributed by atoms with Crippen LogP contribution in [0.2, 0.25) is 0 Å². The molecule has 0 fully saturated rings. The Morgan fingerprint density at radius 3 is 2.74 bits per heavy atom. The molecule has 0 radical (unpaired) electrons. The van der Waals surface area contributed by atoms with E-state index in [-0.39, 0.29) is 11.8 Å². The number of amides is 2. The highest BCUT2D eigenvalue weighted by atomic mass is 32.1. The average Bonchev–Trinajstić information content (AvgIpc) is 3.02. The number of anilines is 2. The Kier molecular flexibility index (Phi) is 5.71. The van der Waals surface area contributed by atoms with Crippen molar-refractivity contribution in [1.82, 2.24) is 4.98 Å². The number of aromatic nitrogens is 1. The van der Waals surface area contributed by atoms with Gasteiger partial charge in [0.05, 0.1) is 22.9 Å². The standard InChI is InChI=1S/C20H21N3O3S/c1-4-6-17(24)23-20-22-15-10-9-13(11-16(15)27-20)21-19(25)14-8-5-7-12(2)18(14)26-3/h5,7-11H,4,6H2,1-3H3,(H,21,25)(H,22,23,24). The van der Waals surface area contributed by atoms with Gasteiger partial charge in [0.25, 0.3) is 5.91 Å². The predicted octanol–water partition coefficient (Wildman–Crippen LogP) is 4.60. The SMILES string of the molecule is CCCC(=O)Nc1nc2ccc(NC(=O)c3cccc(C)c3OC)cc2s1. The van der Waals surface area contributed by atoms with Crippen LogP contribution in [0, 0.1) is 6.92 Å². The van der Waals surface area contributed by atoms with E-state index in [1.165, 1.54) is 11.3 Å². The summed E-state index contributed by atoms with van der Waals surface area (Å²) in [7, 11) is 1.55. The number of hydrogen-bond donors (Lipinski definition) is 2. The highest BCUT2D eigenvalue weighted by Gasteiger charge is 2.15. The first kappa shape index (κ1) is 18.8. The van der Waals surface area contributed by atoms with Gasteiger partial charge >= 0.3 is 0 Å². The number of hydrogen-bond acceptors (Lipinski definition) is 5. The molecule has 7 heteroatoms. The maximum absolute atomic E-state index is 12.6. The van der Waals surface area contributed by atoms with Crippen LogP contribution in [0.25, 0.3) is 10.2 Å². The van der Waals surface area contributed by atoms with Gasteiger partial charge in [0, 0.05) is 12.1 Å². The van der Waals surface area contributed by atoms with Gasteiger partial charge in [-0.1, -0.05) is 30.4 Å². The van der Waals surface area contributed by atoms with E-state index < -0.39 is 0 Å². The number of ether oxygens (including phenoxy) is 1. The van der Waals surface area contributed by atoms with Gasteiger partial charge in [0.15, 0.2) is 5.13 Å². The summed E-state index contributed by atoms with van der Waals surface area (Å²) in [6.45, 7) is 3.85. The van der Waals surface area contributed by atoms with E-state index in [9.17, 15) is 9.59 Å². The number of rotatable bonds is 6. The molecule has 0 atom stereocenters. The third kappa shape index (κ3) is 4.25. The molecule has 0 aliphatic heterocycles. The van der Waals surface area contributed by atoms with E-state index in [1.54, 1.807) is 19.2 Å². The fourth-order valence-electron chi connectivity index (χ4n) is 2.77. The number of thiazole rings is 1. The molecule has 2 amide bonds. The quantitative estimate of drug-likeness (QED) is 0.652. The van der Waals surface area contributed by atoms with Crippen molar-refractivity contribution in [2.24, 2.45) is 0 Å². The lowest BCUT2D eigenvalue weighted by molar-refractivity contribution is -0.116. The van der Waals surface area contributed by atoms with Gasteiger partial charge in [-0.3, -0.25) is 9.59 Å². The summed E-state index contributed by atoms with van der Waals surface area (Å²) in [5.74, 6) is 0.280. The Labute approximate surface area is 161 Å². The van der Waals surface area contributed by atoms with Gasteiger partial charge in [-0.25, -0.2) is 4.98 Å². The first-order valence-corrected chi connectivity index (χ1v) is 9.49. The molecule has 0 saturated carbocycles. The molecule has 1 heterocycles. The summed E-state index contributed by atoms with van der Waals surface area (Å²) in [6.07, 6.45) is 1.25. The molecule has 0 unspecified atom stereocenters. The molecule has 0 bridgehead atoms. The van der Waals surface area contributed by atoms with Crippen molar-refractivity contribution in [2.75, 3.05) is 17.7 Å². The first-order valence-electron chi connectivity index (χ1n) is 8.67. The minimum Gasteiger partial charge on any atom is -0.496 e. The highest BCUT2D eigenvalue weighted by Crippen LogP contribution is 2.29. The lowest BCUT2D eigenvalue weighted by Crippen LogP contribution is -2.13. The normalized spacial score (nSPS) is 10.6. The molecule has 27 heavy (non-hydrogen) atoms. The summed E-state index contributed by atoms with van der Waals surface area (Å²) >= 11 is 1.38. The monoisotopic (exact) mass is 383 g/mol. The molecular formula is C20H21N3O3S. The van der Waals surface area contributed by atoms with Crippen LogP contribution in [-0.2, 0) is 4.79 Å². The number of methoxy groups -OCH3 is 1. The van der Waals surface area contributed by atoms with Gasteiger partial charge in [-0.15, -0.1) is 0 Å². The Bertz CT molecular complexity index is 997. The zero-order valence-electron chi connectivity index (χ0n) is 15.5. The maximum Gasteiger partial charge on any atom is 0.259 e. The number of aryl methyl sites for hydroxylation is 1. The molecule has 1 aromatic heterocycles. The number of nitrogens with one attached hydrogen (secondary N) is 2. The highest BCUT2D eigenvalue weighted by molar-refractivity contribution is 7.22. The number of carbonyl (C=O) groups is 2. The third-order valence-electron chi connectivity index (χ3n) is 4.03. The molecule has 3 aromatic rings. The third-order valence-corrected chi connectivity index (χ3v) is 4.96. The summed E-state index contributed by atoms with van der Waals surface area (Å²) in [6, 6.07) is 10.9. The van der Waals surface area contributed by atoms with Crippen LogP contribution in [0.15, 0.2) is 36.4 Å². The second kappa shape index (κ2) is 8.18. The van der Waals surface area contributed by atoms with E-state index in [0.717, 1.165) is 22.2 Å². The van der Waals surface area contributed by atoms with E-state index in [4.69, 9.17) is 4.74 Å². The van der Waals surface area contributed by atoms with Crippen LogP contribution < -0.4 is 15.4 Å². The first-order chi connectivity index (χ1) is 13.0. The molecule has 140 valence electrons. The van der Waals surface area contributed by atoms with E-state index in [1.807, 2.05) is 38.1 Å². The van der Waals surface area contributed by atoms with Gasteiger partial charge in [-0.05, 0) is 43.2 Å². The minimum absolute atomic E-state index is 0.0448. The number of fused-ring (bicyclic) bond motifs is 1. The number of benzene rings is 2. The molecule has 0 aliphatic carbocycles. The second-order valence-corrected chi connectivity index (χ2v) is 7.14. The smallest absolute Gasteiger partial charge is 0.259 e. The predicted molar refractivity (Wildman–Crippen MR) is 109 cm³/mol. The number of para-hydroxylation sites is 1. The van der Waals surface area contributed by atoms with E-state index in [2.05, 4.69) is 15.6 Å². The van der Waals surface area contributed by atoms with E-state index >= 15 is 0 Å². The van der Waals surface area contributed by atoms with Crippen LogP contribution in [0.3, 0.4) is 0 Å². The summed E-state index contributed by atoms with van der Waals surface area (Å²) < 4.78 is 6.24. The molecular weight excluding hydrogens is 362 g/mol. The molecule has 0 saturated heterocycles. The van der Waals surface area contributed by atoms with E-state index in [0.29, 0.717) is 28.6 Å². The molecule has 2 N–H and O–H groups in total. The molecule has 2 aromatic carbocycles. The van der Waals surface area contributed by atoms with Crippen molar-refractivity contribution in [3.63, 3.8) is 0 Å². The van der Waals surface area contributed by atoms with Gasteiger partial charge < -0.3 is 15.4 Å². The minimum atomic E-state index is -0.240. The van der Waals surface area contributed by atoms with Crippen LogP contribution in [-0.4, -0.2) is 23.9 Å². The van der Waals surface area contributed by atoms with Crippen LogP contribution >= 0.6 is 11.3 Å². The Morgan fingerprint density at radius 2 is 2.00 bits per heavy atom. The fraction of sp³-hybridized carbons (Fsp3) is 0.250. The van der Waals surface area contributed by atoms with Gasteiger partial charge in [0.1, 0.15) is 5.75 Å². The summed E-state index contributed by atoms with van der Waals surface area (Å²) in [4.78, 5) is 28.8. The average molecular weight is 383 g/mol. The molecule has 0 spiro atoms. The largest absolute Gasteiger partial charge is 0.496 e. The fourth-order valence-corrected chi connectivity index (χ4v) is 3.69.